The van der Waals surface area contributed by atoms with E-state index in [-0.39, 0.29) is 29.5 Å². The second-order valence-electron chi connectivity index (χ2n) is 6.93. The molecular weight excluding hydrogens is 485 g/mol. The number of hydrogen-bond donors (Lipinski definition) is 1. The van der Waals surface area contributed by atoms with Gasteiger partial charge in [0.1, 0.15) is 5.76 Å². The Morgan fingerprint density at radius 1 is 1.28 bits per heavy atom. The first kappa shape index (κ1) is 23.2. The van der Waals surface area contributed by atoms with Crippen LogP contribution in [-0.4, -0.2) is 64.8 Å². The summed E-state index contributed by atoms with van der Waals surface area (Å²) in [5.74, 6) is 2.29. The van der Waals surface area contributed by atoms with Crippen LogP contribution in [0.4, 0.5) is 5.82 Å². The van der Waals surface area contributed by atoms with E-state index in [1.807, 2.05) is 18.7 Å². The number of aliphatic imine (C=N–C) groups is 1. The molecule has 0 saturated carbocycles. The highest BCUT2D eigenvalue weighted by Gasteiger charge is 2.22. The lowest BCUT2D eigenvalue weighted by Crippen LogP contribution is -2.53. The van der Waals surface area contributed by atoms with Crippen molar-refractivity contribution in [3.8, 4) is 0 Å². The van der Waals surface area contributed by atoms with Crippen molar-refractivity contribution in [1.29, 1.82) is 0 Å². The van der Waals surface area contributed by atoms with Gasteiger partial charge in [-0.25, -0.2) is 4.98 Å². The van der Waals surface area contributed by atoms with Crippen molar-refractivity contribution in [1.82, 2.24) is 24.9 Å². The smallest absolute Gasteiger partial charge is 0.293 e. The molecule has 0 atom stereocenters. The lowest BCUT2D eigenvalue weighted by Gasteiger charge is -2.36. The van der Waals surface area contributed by atoms with Crippen LogP contribution in [0.3, 0.4) is 0 Å². The largest absolute Gasteiger partial charge is 0.361 e. The lowest BCUT2D eigenvalue weighted by molar-refractivity contribution is 0.370. The van der Waals surface area contributed by atoms with E-state index in [2.05, 4.69) is 27.3 Å². The van der Waals surface area contributed by atoms with Crippen LogP contribution in [-0.2, 0) is 13.5 Å². The normalized spacial score (nSPS) is 14.7. The van der Waals surface area contributed by atoms with Gasteiger partial charge >= 0.3 is 0 Å². The molecule has 0 aromatic carbocycles. The van der Waals surface area contributed by atoms with Gasteiger partial charge in [-0.05, 0) is 27.2 Å². The maximum absolute atomic E-state index is 12.3. The summed E-state index contributed by atoms with van der Waals surface area (Å²) in [6.07, 6.45) is 4.15. The van der Waals surface area contributed by atoms with Gasteiger partial charge in [-0.15, -0.1) is 24.0 Å². The molecule has 1 aliphatic heterocycles. The summed E-state index contributed by atoms with van der Waals surface area (Å²) in [7, 11) is 1.75. The van der Waals surface area contributed by atoms with Crippen molar-refractivity contribution in [2.75, 3.05) is 44.2 Å². The molecule has 29 heavy (non-hydrogen) atoms. The van der Waals surface area contributed by atoms with Crippen LogP contribution in [0.15, 0.2) is 26.7 Å². The molecule has 2 aromatic heterocycles. The van der Waals surface area contributed by atoms with Gasteiger partial charge in [0.25, 0.3) is 5.56 Å². The summed E-state index contributed by atoms with van der Waals surface area (Å²) >= 11 is 0. The van der Waals surface area contributed by atoms with Crippen LogP contribution in [0.1, 0.15) is 23.9 Å². The van der Waals surface area contributed by atoms with Crippen molar-refractivity contribution in [2.24, 2.45) is 12.0 Å². The molecule has 160 valence electrons. The average Bonchev–Trinajstić information content (AvgIpc) is 3.01. The quantitative estimate of drug-likeness (QED) is 0.365. The predicted octanol–water partition coefficient (Wildman–Crippen LogP) is 1.33. The van der Waals surface area contributed by atoms with Crippen LogP contribution in [0.2, 0.25) is 0 Å². The molecule has 1 saturated heterocycles. The van der Waals surface area contributed by atoms with E-state index in [4.69, 9.17) is 9.52 Å². The standard InChI is InChI=1S/C19H29N7O2.HI/c1-5-20-19(22-7-6-16-14(2)23-28-15(16)3)26-12-10-25(11-13-26)17-18(27)24(4)9-8-21-17;/h8-9H,5-7,10-13H2,1-4H3,(H,20,22);1H. The number of nitrogens with one attached hydrogen (secondary N) is 1. The number of anilines is 1. The molecule has 1 aliphatic rings. The molecule has 9 nitrogen and oxygen atoms in total. The molecule has 0 spiro atoms. The Hall–Kier alpha value is -2.11. The van der Waals surface area contributed by atoms with E-state index < -0.39 is 0 Å². The first-order valence-corrected chi connectivity index (χ1v) is 9.72. The Bertz CT molecular complexity index is 865. The highest BCUT2D eigenvalue weighted by atomic mass is 127. The maximum atomic E-state index is 12.3. The average molecular weight is 515 g/mol. The Kier molecular flexibility index (Phi) is 8.47. The number of halogens is 1. The molecule has 0 aliphatic carbocycles. The molecule has 3 heterocycles. The topological polar surface area (TPSA) is 91.8 Å². The summed E-state index contributed by atoms with van der Waals surface area (Å²) in [5.41, 5.74) is 2.01. The zero-order chi connectivity index (χ0) is 20.1. The summed E-state index contributed by atoms with van der Waals surface area (Å²) < 4.78 is 6.79. The molecule has 0 radical (unpaired) electrons. The van der Waals surface area contributed by atoms with E-state index in [0.29, 0.717) is 12.4 Å². The number of rotatable bonds is 5. The van der Waals surface area contributed by atoms with Gasteiger partial charge in [0, 0.05) is 64.3 Å². The van der Waals surface area contributed by atoms with E-state index in [1.165, 1.54) is 0 Å². The number of guanidine groups is 1. The number of piperazine rings is 1. The fourth-order valence-electron chi connectivity index (χ4n) is 3.39. The monoisotopic (exact) mass is 515 g/mol. The Morgan fingerprint density at radius 3 is 2.62 bits per heavy atom. The van der Waals surface area contributed by atoms with Gasteiger partial charge in [-0.1, -0.05) is 5.16 Å². The number of aromatic nitrogens is 3. The van der Waals surface area contributed by atoms with Gasteiger partial charge in [-0.3, -0.25) is 9.79 Å². The van der Waals surface area contributed by atoms with E-state index in [9.17, 15) is 4.79 Å². The van der Waals surface area contributed by atoms with Crippen molar-refractivity contribution in [3.05, 3.63) is 39.8 Å². The fraction of sp³-hybridized carbons (Fsp3) is 0.579. The van der Waals surface area contributed by atoms with Crippen LogP contribution in [0.25, 0.3) is 0 Å². The molecular formula is C19H30IN7O2. The number of hydrogen-bond acceptors (Lipinski definition) is 6. The summed E-state index contributed by atoms with van der Waals surface area (Å²) in [6, 6.07) is 0. The van der Waals surface area contributed by atoms with Gasteiger partial charge in [0.15, 0.2) is 11.8 Å². The Balaban J connectivity index is 0.00000300. The lowest BCUT2D eigenvalue weighted by atomic mass is 10.1. The third-order valence-electron chi connectivity index (χ3n) is 5.02. The summed E-state index contributed by atoms with van der Waals surface area (Å²) in [5, 5.41) is 7.38. The van der Waals surface area contributed by atoms with Crippen LogP contribution >= 0.6 is 24.0 Å². The van der Waals surface area contributed by atoms with E-state index in [1.54, 1.807) is 24.0 Å². The first-order valence-electron chi connectivity index (χ1n) is 9.72. The number of nitrogens with zero attached hydrogens (tertiary/aromatic N) is 6. The van der Waals surface area contributed by atoms with Gasteiger partial charge < -0.3 is 24.2 Å². The molecule has 2 aromatic rings. The van der Waals surface area contributed by atoms with E-state index >= 15 is 0 Å². The molecule has 1 fully saturated rings. The minimum absolute atomic E-state index is 0. The molecule has 0 amide bonds. The van der Waals surface area contributed by atoms with Crippen molar-refractivity contribution in [3.63, 3.8) is 0 Å². The highest BCUT2D eigenvalue weighted by molar-refractivity contribution is 14.0. The van der Waals surface area contributed by atoms with Gasteiger partial charge in [0.05, 0.1) is 5.69 Å². The highest BCUT2D eigenvalue weighted by Crippen LogP contribution is 2.13. The van der Waals surface area contributed by atoms with Crippen molar-refractivity contribution >= 4 is 35.8 Å². The van der Waals surface area contributed by atoms with Gasteiger partial charge in [0.2, 0.25) is 0 Å². The SMILES string of the molecule is CCNC(=NCCc1c(C)noc1C)N1CCN(c2nccn(C)c2=O)CC1.I. The first-order chi connectivity index (χ1) is 13.5. The third-order valence-corrected chi connectivity index (χ3v) is 5.02. The zero-order valence-corrected chi connectivity index (χ0v) is 19.8. The Labute approximate surface area is 188 Å². The third kappa shape index (κ3) is 5.49. The molecule has 0 bridgehead atoms. The second-order valence-corrected chi connectivity index (χ2v) is 6.93. The van der Waals surface area contributed by atoms with Crippen molar-refractivity contribution < 1.29 is 4.52 Å². The van der Waals surface area contributed by atoms with Crippen LogP contribution in [0, 0.1) is 13.8 Å². The van der Waals surface area contributed by atoms with Crippen LogP contribution < -0.4 is 15.8 Å². The van der Waals surface area contributed by atoms with E-state index in [0.717, 1.165) is 62.1 Å². The minimum Gasteiger partial charge on any atom is -0.361 e. The zero-order valence-electron chi connectivity index (χ0n) is 17.5. The second kappa shape index (κ2) is 10.6. The molecule has 10 heteroatoms. The van der Waals surface area contributed by atoms with Gasteiger partial charge in [-0.2, -0.15) is 0 Å². The summed E-state index contributed by atoms with van der Waals surface area (Å²) in [4.78, 5) is 25.6. The van der Waals surface area contributed by atoms with Crippen molar-refractivity contribution in [2.45, 2.75) is 27.2 Å². The molecule has 1 N–H and O–H groups in total. The number of aryl methyl sites for hydroxylation is 3. The molecule has 3 rings (SSSR count). The Morgan fingerprint density at radius 2 is 2.00 bits per heavy atom. The minimum atomic E-state index is -0.0593. The fourth-order valence-corrected chi connectivity index (χ4v) is 3.39. The van der Waals surface area contributed by atoms with Crippen LogP contribution in [0.5, 0.6) is 0 Å². The predicted molar refractivity (Wildman–Crippen MR) is 124 cm³/mol. The molecule has 0 unspecified atom stereocenters. The summed E-state index contributed by atoms with van der Waals surface area (Å²) in [6.45, 7) is 10.5. The maximum Gasteiger partial charge on any atom is 0.293 e.